The fourth-order valence-electron chi connectivity index (χ4n) is 2.01. The number of hydrogen-bond donors (Lipinski definition) is 1. The molecule has 2 rings (SSSR count). The fourth-order valence-corrected chi connectivity index (χ4v) is 2.81. The van der Waals surface area contributed by atoms with E-state index in [1.807, 2.05) is 25.1 Å². The van der Waals surface area contributed by atoms with E-state index in [1.54, 1.807) is 11.3 Å². The zero-order chi connectivity index (χ0) is 12.8. The third-order valence-electron chi connectivity index (χ3n) is 2.80. The van der Waals surface area contributed by atoms with Crippen molar-refractivity contribution in [3.05, 3.63) is 52.2 Å². The number of thiophene rings is 1. The first-order valence-electron chi connectivity index (χ1n) is 6.28. The molecule has 1 unspecified atom stereocenters. The SMILES string of the molecule is CCOc1ccccc1CC(N)Cc1cccs1. The first kappa shape index (κ1) is 13.1. The summed E-state index contributed by atoms with van der Waals surface area (Å²) in [6.45, 7) is 2.69. The van der Waals surface area contributed by atoms with Crippen LogP contribution in [-0.2, 0) is 12.8 Å². The van der Waals surface area contributed by atoms with Crippen LogP contribution in [-0.4, -0.2) is 12.6 Å². The van der Waals surface area contributed by atoms with Gasteiger partial charge in [-0.2, -0.15) is 0 Å². The summed E-state index contributed by atoms with van der Waals surface area (Å²) in [5, 5.41) is 2.09. The van der Waals surface area contributed by atoms with Crippen molar-refractivity contribution in [3.8, 4) is 5.75 Å². The Morgan fingerprint density at radius 2 is 2.00 bits per heavy atom. The maximum Gasteiger partial charge on any atom is 0.122 e. The maximum absolute atomic E-state index is 6.21. The standard InChI is InChI=1S/C15H19NOS/c1-2-17-15-8-4-3-6-12(15)10-13(16)11-14-7-5-9-18-14/h3-9,13H,2,10-11,16H2,1H3. The predicted octanol–water partition coefficient (Wildman–Crippen LogP) is 3.26. The second-order valence-corrected chi connectivity index (χ2v) is 5.32. The van der Waals surface area contributed by atoms with Crippen molar-refractivity contribution in [2.75, 3.05) is 6.61 Å². The molecule has 0 radical (unpaired) electrons. The van der Waals surface area contributed by atoms with E-state index in [0.717, 1.165) is 18.6 Å². The van der Waals surface area contributed by atoms with Gasteiger partial charge in [-0.15, -0.1) is 11.3 Å². The van der Waals surface area contributed by atoms with Crippen LogP contribution in [0.1, 0.15) is 17.4 Å². The van der Waals surface area contributed by atoms with Crippen LogP contribution < -0.4 is 10.5 Å². The van der Waals surface area contributed by atoms with Crippen LogP contribution >= 0.6 is 11.3 Å². The molecule has 18 heavy (non-hydrogen) atoms. The highest BCUT2D eigenvalue weighted by atomic mass is 32.1. The van der Waals surface area contributed by atoms with E-state index >= 15 is 0 Å². The molecule has 0 spiro atoms. The summed E-state index contributed by atoms with van der Waals surface area (Å²) in [7, 11) is 0. The molecular formula is C15H19NOS. The second-order valence-electron chi connectivity index (χ2n) is 4.29. The van der Waals surface area contributed by atoms with Gasteiger partial charge in [0, 0.05) is 10.9 Å². The minimum Gasteiger partial charge on any atom is -0.494 e. The molecule has 0 bridgehead atoms. The lowest BCUT2D eigenvalue weighted by Gasteiger charge is -2.14. The molecule has 0 aliphatic heterocycles. The van der Waals surface area contributed by atoms with Gasteiger partial charge < -0.3 is 10.5 Å². The van der Waals surface area contributed by atoms with E-state index in [0.29, 0.717) is 6.61 Å². The molecule has 0 aliphatic carbocycles. The molecule has 1 heterocycles. The van der Waals surface area contributed by atoms with E-state index in [2.05, 4.69) is 23.6 Å². The average molecular weight is 261 g/mol. The van der Waals surface area contributed by atoms with Gasteiger partial charge in [-0.25, -0.2) is 0 Å². The van der Waals surface area contributed by atoms with Gasteiger partial charge in [0.1, 0.15) is 5.75 Å². The number of para-hydroxylation sites is 1. The number of rotatable bonds is 6. The summed E-state index contributed by atoms with van der Waals surface area (Å²) in [6.07, 6.45) is 1.78. The lowest BCUT2D eigenvalue weighted by Crippen LogP contribution is -2.25. The van der Waals surface area contributed by atoms with E-state index in [-0.39, 0.29) is 6.04 Å². The van der Waals surface area contributed by atoms with Crippen LogP contribution in [0.4, 0.5) is 0 Å². The Morgan fingerprint density at radius 3 is 2.72 bits per heavy atom. The summed E-state index contributed by atoms with van der Waals surface area (Å²) in [4.78, 5) is 1.34. The Morgan fingerprint density at radius 1 is 1.17 bits per heavy atom. The topological polar surface area (TPSA) is 35.2 Å². The molecule has 1 atom stereocenters. The summed E-state index contributed by atoms with van der Waals surface area (Å²) in [6, 6.07) is 12.5. The highest BCUT2D eigenvalue weighted by Crippen LogP contribution is 2.20. The number of hydrogen-bond acceptors (Lipinski definition) is 3. The van der Waals surface area contributed by atoms with Crippen LogP contribution in [0.5, 0.6) is 5.75 Å². The van der Waals surface area contributed by atoms with E-state index < -0.39 is 0 Å². The van der Waals surface area contributed by atoms with Crippen molar-refractivity contribution < 1.29 is 4.74 Å². The molecule has 0 amide bonds. The molecule has 0 saturated carbocycles. The van der Waals surface area contributed by atoms with Gasteiger partial charge in [0.15, 0.2) is 0 Å². The van der Waals surface area contributed by atoms with Crippen molar-refractivity contribution in [1.29, 1.82) is 0 Å². The summed E-state index contributed by atoms with van der Waals surface area (Å²) in [5.41, 5.74) is 7.41. The minimum atomic E-state index is 0.144. The zero-order valence-electron chi connectivity index (χ0n) is 10.6. The molecule has 2 N–H and O–H groups in total. The van der Waals surface area contributed by atoms with Gasteiger partial charge in [0.2, 0.25) is 0 Å². The molecule has 0 aliphatic rings. The normalized spacial score (nSPS) is 12.3. The van der Waals surface area contributed by atoms with E-state index in [1.165, 1.54) is 10.4 Å². The Hall–Kier alpha value is -1.32. The Bertz CT molecular complexity index is 467. The summed E-state index contributed by atoms with van der Waals surface area (Å²) in [5.74, 6) is 0.960. The Balaban J connectivity index is 2.00. The third-order valence-corrected chi connectivity index (χ3v) is 3.70. The minimum absolute atomic E-state index is 0.144. The second kappa shape index (κ2) is 6.57. The monoisotopic (exact) mass is 261 g/mol. The summed E-state index contributed by atoms with van der Waals surface area (Å²) < 4.78 is 5.62. The first-order chi connectivity index (χ1) is 8.79. The van der Waals surface area contributed by atoms with Gasteiger partial charge >= 0.3 is 0 Å². The average Bonchev–Trinajstić information content (AvgIpc) is 2.84. The lowest BCUT2D eigenvalue weighted by molar-refractivity contribution is 0.335. The quantitative estimate of drug-likeness (QED) is 0.866. The molecule has 96 valence electrons. The van der Waals surface area contributed by atoms with Crippen LogP contribution in [0.2, 0.25) is 0 Å². The third kappa shape index (κ3) is 3.59. The van der Waals surface area contributed by atoms with E-state index in [9.17, 15) is 0 Å². The van der Waals surface area contributed by atoms with Crippen molar-refractivity contribution >= 4 is 11.3 Å². The Kier molecular flexibility index (Phi) is 4.79. The Labute approximate surface area is 112 Å². The van der Waals surface area contributed by atoms with Gasteiger partial charge in [0.05, 0.1) is 6.61 Å². The molecule has 0 fully saturated rings. The number of ether oxygens (including phenoxy) is 1. The smallest absolute Gasteiger partial charge is 0.122 e. The summed E-state index contributed by atoms with van der Waals surface area (Å²) >= 11 is 1.77. The van der Waals surface area contributed by atoms with Crippen LogP contribution in [0.3, 0.4) is 0 Å². The molecule has 2 aromatic rings. The molecule has 0 saturated heterocycles. The predicted molar refractivity (Wildman–Crippen MR) is 77.3 cm³/mol. The molecule has 1 aromatic heterocycles. The fraction of sp³-hybridized carbons (Fsp3) is 0.333. The first-order valence-corrected chi connectivity index (χ1v) is 7.16. The maximum atomic E-state index is 6.21. The van der Waals surface area contributed by atoms with Gasteiger partial charge in [-0.3, -0.25) is 0 Å². The van der Waals surface area contributed by atoms with Gasteiger partial charge in [-0.1, -0.05) is 24.3 Å². The largest absolute Gasteiger partial charge is 0.494 e. The molecule has 2 nitrogen and oxygen atoms in total. The lowest BCUT2D eigenvalue weighted by atomic mass is 10.0. The van der Waals surface area contributed by atoms with Crippen molar-refractivity contribution in [1.82, 2.24) is 0 Å². The molecular weight excluding hydrogens is 242 g/mol. The number of nitrogens with two attached hydrogens (primary N) is 1. The molecule has 3 heteroatoms. The highest BCUT2D eigenvalue weighted by molar-refractivity contribution is 7.09. The highest BCUT2D eigenvalue weighted by Gasteiger charge is 2.09. The van der Waals surface area contributed by atoms with Crippen molar-refractivity contribution in [2.24, 2.45) is 5.73 Å². The molecule has 1 aromatic carbocycles. The zero-order valence-corrected chi connectivity index (χ0v) is 11.5. The van der Waals surface area contributed by atoms with Gasteiger partial charge in [-0.05, 0) is 42.8 Å². The van der Waals surface area contributed by atoms with Crippen LogP contribution in [0, 0.1) is 0 Å². The number of benzene rings is 1. The van der Waals surface area contributed by atoms with Crippen LogP contribution in [0.25, 0.3) is 0 Å². The van der Waals surface area contributed by atoms with E-state index in [4.69, 9.17) is 10.5 Å². The van der Waals surface area contributed by atoms with Crippen molar-refractivity contribution in [2.45, 2.75) is 25.8 Å². The van der Waals surface area contributed by atoms with Gasteiger partial charge in [0.25, 0.3) is 0 Å². The van der Waals surface area contributed by atoms with Crippen LogP contribution in [0.15, 0.2) is 41.8 Å². The van der Waals surface area contributed by atoms with Crippen molar-refractivity contribution in [3.63, 3.8) is 0 Å².